The predicted molar refractivity (Wildman–Crippen MR) is 91.5 cm³/mol. The van der Waals surface area contributed by atoms with Gasteiger partial charge in [0.1, 0.15) is 5.82 Å². The largest absolute Gasteiger partial charge is 0.347 e. The van der Waals surface area contributed by atoms with Gasteiger partial charge in [-0.25, -0.2) is 14.4 Å². The van der Waals surface area contributed by atoms with Crippen molar-refractivity contribution in [2.45, 2.75) is 18.6 Å². The lowest BCUT2D eigenvalue weighted by atomic mass is 10.0. The number of halogens is 1. The van der Waals surface area contributed by atoms with Gasteiger partial charge in [-0.15, -0.1) is 0 Å². The van der Waals surface area contributed by atoms with Gasteiger partial charge in [0.05, 0.1) is 24.5 Å². The van der Waals surface area contributed by atoms with Crippen molar-refractivity contribution < 1.29 is 18.7 Å². The van der Waals surface area contributed by atoms with Gasteiger partial charge in [-0.2, -0.15) is 0 Å². The SMILES string of the molecule is O=C(c1cnc(Nc2ccccc2F)nc1)N1CCC2(CC1)OCCO2. The highest BCUT2D eigenvalue weighted by Gasteiger charge is 2.40. The monoisotopic (exact) mass is 358 g/mol. The molecule has 2 aromatic rings. The van der Waals surface area contributed by atoms with Crippen LogP contribution in [-0.2, 0) is 9.47 Å². The smallest absolute Gasteiger partial charge is 0.256 e. The van der Waals surface area contributed by atoms with Gasteiger partial charge in [0, 0.05) is 38.3 Å². The molecular weight excluding hydrogens is 339 g/mol. The van der Waals surface area contributed by atoms with Gasteiger partial charge in [-0.1, -0.05) is 12.1 Å². The van der Waals surface area contributed by atoms with Gasteiger partial charge in [-0.3, -0.25) is 4.79 Å². The van der Waals surface area contributed by atoms with Crippen molar-refractivity contribution in [3.63, 3.8) is 0 Å². The highest BCUT2D eigenvalue weighted by Crippen LogP contribution is 2.31. The summed E-state index contributed by atoms with van der Waals surface area (Å²) in [6, 6.07) is 6.26. The highest BCUT2D eigenvalue weighted by molar-refractivity contribution is 5.93. The Morgan fingerprint density at radius 2 is 1.77 bits per heavy atom. The number of anilines is 2. The molecule has 1 aromatic heterocycles. The van der Waals surface area contributed by atoms with Gasteiger partial charge >= 0.3 is 0 Å². The first-order chi connectivity index (χ1) is 12.7. The molecular formula is C18H19FN4O3. The van der Waals surface area contributed by atoms with E-state index in [4.69, 9.17) is 9.47 Å². The van der Waals surface area contributed by atoms with Crippen molar-refractivity contribution >= 4 is 17.5 Å². The highest BCUT2D eigenvalue weighted by atomic mass is 19.1. The van der Waals surface area contributed by atoms with E-state index in [2.05, 4.69) is 15.3 Å². The third-order valence-corrected chi connectivity index (χ3v) is 4.65. The lowest BCUT2D eigenvalue weighted by molar-refractivity contribution is -0.181. The Kier molecular flexibility index (Phi) is 4.52. The summed E-state index contributed by atoms with van der Waals surface area (Å²) in [5, 5.41) is 2.80. The van der Waals surface area contributed by atoms with Crippen LogP contribution in [-0.4, -0.2) is 52.9 Å². The van der Waals surface area contributed by atoms with E-state index in [1.165, 1.54) is 18.5 Å². The van der Waals surface area contributed by atoms with Crippen molar-refractivity contribution in [3.8, 4) is 0 Å². The number of carbonyl (C=O) groups excluding carboxylic acids is 1. The Balaban J connectivity index is 1.39. The fraction of sp³-hybridized carbons (Fsp3) is 0.389. The first-order valence-corrected chi connectivity index (χ1v) is 8.56. The molecule has 26 heavy (non-hydrogen) atoms. The second-order valence-corrected chi connectivity index (χ2v) is 6.30. The number of carbonyl (C=O) groups is 1. The van der Waals surface area contributed by atoms with E-state index in [0.29, 0.717) is 44.7 Å². The molecule has 4 rings (SSSR count). The van der Waals surface area contributed by atoms with Crippen LogP contribution in [0.3, 0.4) is 0 Å². The molecule has 0 unspecified atom stereocenters. The number of rotatable bonds is 3. The minimum absolute atomic E-state index is 0.129. The second kappa shape index (κ2) is 6.97. The third kappa shape index (κ3) is 3.38. The summed E-state index contributed by atoms with van der Waals surface area (Å²) >= 11 is 0. The minimum Gasteiger partial charge on any atom is -0.347 e. The molecule has 1 aromatic carbocycles. The van der Waals surface area contributed by atoms with Crippen LogP contribution in [0.2, 0.25) is 0 Å². The standard InChI is InChI=1S/C18H19FN4O3/c19-14-3-1-2-4-15(14)22-17-20-11-13(12-21-17)16(24)23-7-5-18(6-8-23)25-9-10-26-18/h1-4,11-12H,5-10H2,(H,20,21,22). The fourth-order valence-corrected chi connectivity index (χ4v) is 3.20. The normalized spacial score (nSPS) is 18.9. The Hall–Kier alpha value is -2.58. The first-order valence-electron chi connectivity index (χ1n) is 8.56. The third-order valence-electron chi connectivity index (χ3n) is 4.65. The zero-order chi connectivity index (χ0) is 18.0. The zero-order valence-corrected chi connectivity index (χ0v) is 14.2. The average molecular weight is 358 g/mol. The summed E-state index contributed by atoms with van der Waals surface area (Å²) in [4.78, 5) is 22.6. The summed E-state index contributed by atoms with van der Waals surface area (Å²) in [5.74, 6) is -0.803. The van der Waals surface area contributed by atoms with E-state index in [0.717, 1.165) is 0 Å². The molecule has 0 aliphatic carbocycles. The molecule has 0 atom stereocenters. The number of para-hydroxylation sites is 1. The number of hydrogen-bond acceptors (Lipinski definition) is 6. The van der Waals surface area contributed by atoms with Crippen LogP contribution in [0.1, 0.15) is 23.2 Å². The van der Waals surface area contributed by atoms with Gasteiger partial charge in [0.2, 0.25) is 5.95 Å². The number of aromatic nitrogens is 2. The number of hydrogen-bond donors (Lipinski definition) is 1. The van der Waals surface area contributed by atoms with Gasteiger partial charge in [0.25, 0.3) is 5.91 Å². The summed E-state index contributed by atoms with van der Waals surface area (Å²) in [6.07, 6.45) is 4.22. The quantitative estimate of drug-likeness (QED) is 0.908. The molecule has 2 aliphatic rings. The van der Waals surface area contributed by atoms with Crippen LogP contribution in [0, 0.1) is 5.82 Å². The molecule has 2 saturated heterocycles. The first kappa shape index (κ1) is 16.9. The second-order valence-electron chi connectivity index (χ2n) is 6.30. The topological polar surface area (TPSA) is 76.6 Å². The fourth-order valence-electron chi connectivity index (χ4n) is 3.20. The minimum atomic E-state index is -0.513. The van der Waals surface area contributed by atoms with Crippen LogP contribution < -0.4 is 5.32 Å². The predicted octanol–water partition coefficient (Wildman–Crippen LogP) is 2.34. The Morgan fingerprint density at radius 1 is 1.12 bits per heavy atom. The number of amides is 1. The molecule has 0 radical (unpaired) electrons. The van der Waals surface area contributed by atoms with E-state index in [1.807, 2.05) is 0 Å². The lowest BCUT2D eigenvalue weighted by Crippen LogP contribution is -2.47. The Bertz CT molecular complexity index is 783. The van der Waals surface area contributed by atoms with E-state index in [-0.39, 0.29) is 17.5 Å². The summed E-state index contributed by atoms with van der Waals surface area (Å²) in [7, 11) is 0. The van der Waals surface area contributed by atoms with Crippen LogP contribution in [0.15, 0.2) is 36.7 Å². The molecule has 8 heteroatoms. The van der Waals surface area contributed by atoms with E-state index >= 15 is 0 Å². The number of ether oxygens (including phenoxy) is 2. The molecule has 2 fully saturated rings. The summed E-state index contributed by atoms with van der Waals surface area (Å²) in [5.41, 5.74) is 0.678. The summed E-state index contributed by atoms with van der Waals surface area (Å²) < 4.78 is 25.0. The lowest BCUT2D eigenvalue weighted by Gasteiger charge is -2.37. The van der Waals surface area contributed by atoms with Crippen LogP contribution in [0.4, 0.5) is 16.0 Å². The van der Waals surface area contributed by atoms with Crippen LogP contribution in [0.5, 0.6) is 0 Å². The van der Waals surface area contributed by atoms with Crippen molar-refractivity contribution in [1.82, 2.24) is 14.9 Å². The number of likely N-dealkylation sites (tertiary alicyclic amines) is 1. The average Bonchev–Trinajstić information content (AvgIpc) is 3.12. The molecule has 0 saturated carbocycles. The Morgan fingerprint density at radius 3 is 2.42 bits per heavy atom. The van der Waals surface area contributed by atoms with Crippen molar-refractivity contribution in [2.75, 3.05) is 31.6 Å². The molecule has 2 aliphatic heterocycles. The van der Waals surface area contributed by atoms with E-state index in [9.17, 15) is 9.18 Å². The van der Waals surface area contributed by atoms with Crippen molar-refractivity contribution in [2.24, 2.45) is 0 Å². The number of nitrogens with one attached hydrogen (secondary N) is 1. The number of piperidine rings is 1. The van der Waals surface area contributed by atoms with Crippen molar-refractivity contribution in [1.29, 1.82) is 0 Å². The molecule has 3 heterocycles. The maximum atomic E-state index is 13.7. The van der Waals surface area contributed by atoms with Gasteiger partial charge < -0.3 is 19.7 Å². The molecule has 0 bridgehead atoms. The van der Waals surface area contributed by atoms with Crippen LogP contribution in [0.25, 0.3) is 0 Å². The zero-order valence-electron chi connectivity index (χ0n) is 14.2. The molecule has 1 amide bonds. The molecule has 1 spiro atoms. The molecule has 1 N–H and O–H groups in total. The summed E-state index contributed by atoms with van der Waals surface area (Å²) in [6.45, 7) is 2.35. The number of nitrogens with zero attached hydrogens (tertiary/aromatic N) is 3. The number of benzene rings is 1. The van der Waals surface area contributed by atoms with Crippen molar-refractivity contribution in [3.05, 3.63) is 48.0 Å². The maximum Gasteiger partial charge on any atom is 0.256 e. The van der Waals surface area contributed by atoms with Crippen LogP contribution >= 0.6 is 0 Å². The van der Waals surface area contributed by atoms with Gasteiger partial charge in [0.15, 0.2) is 5.79 Å². The van der Waals surface area contributed by atoms with Gasteiger partial charge in [-0.05, 0) is 12.1 Å². The maximum absolute atomic E-state index is 13.7. The van der Waals surface area contributed by atoms with E-state index in [1.54, 1.807) is 23.1 Å². The molecule has 7 nitrogen and oxygen atoms in total. The Labute approximate surface area is 150 Å². The van der Waals surface area contributed by atoms with E-state index < -0.39 is 11.6 Å². The molecule has 136 valence electrons.